The molecule has 0 bridgehead atoms. The van der Waals surface area contributed by atoms with Gasteiger partial charge in [0.1, 0.15) is 0 Å². The summed E-state index contributed by atoms with van der Waals surface area (Å²) in [6, 6.07) is 27.7. The number of nitriles is 1. The Bertz CT molecular complexity index is 1380. The van der Waals surface area contributed by atoms with Gasteiger partial charge in [-0.2, -0.15) is 5.26 Å². The number of aromatic nitrogens is 2. The molecule has 194 valence electrons. The number of hydrogen-bond donors (Lipinski definition) is 0. The van der Waals surface area contributed by atoms with E-state index in [1.165, 1.54) is 16.4 Å². The monoisotopic (exact) mass is 524 g/mol. The van der Waals surface area contributed by atoms with Crippen LogP contribution in [-0.4, -0.2) is 29.4 Å². The summed E-state index contributed by atoms with van der Waals surface area (Å²) in [5, 5.41) is 23.1. The quantitative estimate of drug-likeness (QED) is 0.123. The van der Waals surface area contributed by atoms with E-state index < -0.39 is 13.2 Å². The van der Waals surface area contributed by atoms with Crippen molar-refractivity contribution in [3.8, 4) is 6.07 Å². The molecule has 8 heteroatoms. The van der Waals surface area contributed by atoms with Gasteiger partial charge in [-0.1, -0.05) is 81.4 Å². The Labute approximate surface area is 224 Å². The first-order valence-electron chi connectivity index (χ1n) is 12.7. The molecule has 0 fully saturated rings. The Hall–Kier alpha value is -4.06. The topological polar surface area (TPSA) is 94.0 Å². The van der Waals surface area contributed by atoms with Crippen LogP contribution < -0.4 is 10.4 Å². The predicted molar refractivity (Wildman–Crippen MR) is 151 cm³/mol. The molecule has 0 saturated heterocycles. The van der Waals surface area contributed by atoms with Crippen molar-refractivity contribution in [3.63, 3.8) is 0 Å². The predicted octanol–water partition coefficient (Wildman–Crippen LogP) is 5.22. The lowest BCUT2D eigenvalue weighted by Crippen LogP contribution is -2.66. The summed E-state index contributed by atoms with van der Waals surface area (Å²) in [6.45, 7) is 7.68. The highest BCUT2D eigenvalue weighted by molar-refractivity contribution is 6.99. The molecule has 0 saturated carbocycles. The van der Waals surface area contributed by atoms with Gasteiger partial charge in [0.25, 0.3) is 14.0 Å². The highest BCUT2D eigenvalue weighted by atomic mass is 28.4. The minimum absolute atomic E-state index is 0.0567. The number of hydrogen-bond acceptors (Lipinski definition) is 5. The van der Waals surface area contributed by atoms with Crippen molar-refractivity contribution in [3.05, 3.63) is 118 Å². The van der Waals surface area contributed by atoms with Gasteiger partial charge in [0.15, 0.2) is 0 Å². The molecule has 0 atom stereocenters. The second kappa shape index (κ2) is 11.5. The van der Waals surface area contributed by atoms with Crippen molar-refractivity contribution >= 4 is 24.4 Å². The molecular formula is C30H32N4O3Si. The average molecular weight is 525 g/mol. The van der Waals surface area contributed by atoms with Gasteiger partial charge in [0.05, 0.1) is 29.4 Å². The Morgan fingerprint density at radius 2 is 1.66 bits per heavy atom. The maximum absolute atomic E-state index is 11.6. The lowest BCUT2D eigenvalue weighted by Gasteiger charge is -2.43. The van der Waals surface area contributed by atoms with E-state index in [0.29, 0.717) is 18.7 Å². The lowest BCUT2D eigenvalue weighted by molar-refractivity contribution is -0.385. The summed E-state index contributed by atoms with van der Waals surface area (Å²) in [5.41, 5.74) is 1.73. The van der Waals surface area contributed by atoms with E-state index >= 15 is 0 Å². The maximum atomic E-state index is 11.6. The first-order chi connectivity index (χ1) is 18.3. The van der Waals surface area contributed by atoms with Crippen LogP contribution >= 0.6 is 0 Å². The van der Waals surface area contributed by atoms with Crippen LogP contribution in [0, 0.1) is 21.4 Å². The fourth-order valence-corrected chi connectivity index (χ4v) is 9.67. The molecule has 1 aromatic heterocycles. The lowest BCUT2D eigenvalue weighted by atomic mass is 10.1. The van der Waals surface area contributed by atoms with E-state index in [-0.39, 0.29) is 16.3 Å². The normalized spacial score (nSPS) is 11.7. The molecule has 0 amide bonds. The number of rotatable bonds is 10. The number of aryl methyl sites for hydroxylation is 1. The molecule has 0 unspecified atom stereocenters. The summed E-state index contributed by atoms with van der Waals surface area (Å²) in [4.78, 5) is 15.4. The van der Waals surface area contributed by atoms with E-state index in [1.807, 2.05) is 22.8 Å². The first kappa shape index (κ1) is 27.0. The number of imidazole rings is 1. The highest BCUT2D eigenvalue weighted by Crippen LogP contribution is 2.36. The van der Waals surface area contributed by atoms with Crippen LogP contribution in [0.5, 0.6) is 0 Å². The van der Waals surface area contributed by atoms with Crippen LogP contribution in [0.15, 0.2) is 91.4 Å². The van der Waals surface area contributed by atoms with E-state index in [0.717, 1.165) is 18.5 Å². The van der Waals surface area contributed by atoms with Gasteiger partial charge in [-0.15, -0.1) is 0 Å². The molecule has 7 nitrogen and oxygen atoms in total. The molecule has 4 rings (SSSR count). The van der Waals surface area contributed by atoms with Gasteiger partial charge in [-0.3, -0.25) is 10.1 Å². The average Bonchev–Trinajstić information content (AvgIpc) is 3.36. The Balaban J connectivity index is 1.53. The maximum Gasteiger partial charge on any atom is 0.275 e. The summed E-state index contributed by atoms with van der Waals surface area (Å²) in [5.74, 6) is 0. The van der Waals surface area contributed by atoms with Gasteiger partial charge in [-0.25, -0.2) is 4.98 Å². The zero-order valence-electron chi connectivity index (χ0n) is 22.0. The first-order valence-corrected chi connectivity index (χ1v) is 14.6. The van der Waals surface area contributed by atoms with E-state index in [1.54, 1.807) is 24.7 Å². The molecule has 0 N–H and O–H groups in total. The number of nitrogens with zero attached hydrogens (tertiary/aromatic N) is 4. The van der Waals surface area contributed by atoms with Crippen LogP contribution in [0.3, 0.4) is 0 Å². The van der Waals surface area contributed by atoms with Crippen LogP contribution in [0.4, 0.5) is 5.69 Å². The Morgan fingerprint density at radius 3 is 2.21 bits per heavy atom. The van der Waals surface area contributed by atoms with Crippen molar-refractivity contribution in [2.75, 3.05) is 6.61 Å². The minimum Gasteiger partial charge on any atom is -0.407 e. The molecule has 1 heterocycles. The van der Waals surface area contributed by atoms with E-state index in [4.69, 9.17) is 9.69 Å². The Kier molecular flexibility index (Phi) is 8.20. The summed E-state index contributed by atoms with van der Waals surface area (Å²) in [7, 11) is -2.60. The molecule has 0 aliphatic heterocycles. The van der Waals surface area contributed by atoms with Crippen molar-refractivity contribution < 1.29 is 9.35 Å². The zero-order valence-corrected chi connectivity index (χ0v) is 23.0. The molecular weight excluding hydrogens is 492 g/mol. The van der Waals surface area contributed by atoms with Gasteiger partial charge in [-0.05, 0) is 40.4 Å². The van der Waals surface area contributed by atoms with E-state index in [2.05, 4.69) is 74.3 Å². The van der Waals surface area contributed by atoms with E-state index in [9.17, 15) is 10.1 Å². The smallest absolute Gasteiger partial charge is 0.275 e. The second-order valence-electron chi connectivity index (χ2n) is 10.3. The number of nitro benzene ring substituents is 1. The number of benzene rings is 3. The SMILES string of the molecule is CC(C)(C)[Si](OCCCc1cncn1Cc1ccc(C#N)cc1[N+](=O)[O-])(c1ccccc1)c1ccccc1. The molecule has 0 spiro atoms. The fraction of sp³-hybridized carbons (Fsp3) is 0.267. The summed E-state index contributed by atoms with van der Waals surface area (Å²) < 4.78 is 8.92. The van der Waals surface area contributed by atoms with Crippen molar-refractivity contribution in [1.29, 1.82) is 5.26 Å². The number of nitro groups is 1. The second-order valence-corrected chi connectivity index (χ2v) is 14.6. The van der Waals surface area contributed by atoms with Crippen LogP contribution in [0.2, 0.25) is 5.04 Å². The van der Waals surface area contributed by atoms with Crippen LogP contribution in [-0.2, 0) is 17.4 Å². The summed E-state index contributed by atoms with van der Waals surface area (Å²) >= 11 is 0. The van der Waals surface area contributed by atoms with Crippen molar-refractivity contribution in [2.45, 2.75) is 45.2 Å². The third-order valence-corrected chi connectivity index (χ3v) is 11.9. The molecule has 0 aliphatic carbocycles. The fourth-order valence-electron chi connectivity index (χ4n) is 5.06. The summed E-state index contributed by atoms with van der Waals surface area (Å²) in [6.07, 6.45) is 5.01. The highest BCUT2D eigenvalue weighted by Gasteiger charge is 2.49. The van der Waals surface area contributed by atoms with Crippen LogP contribution in [0.25, 0.3) is 0 Å². The third kappa shape index (κ3) is 5.59. The molecule has 38 heavy (non-hydrogen) atoms. The third-order valence-electron chi connectivity index (χ3n) is 6.86. The van der Waals surface area contributed by atoms with Gasteiger partial charge < -0.3 is 8.99 Å². The zero-order chi connectivity index (χ0) is 27.2. The standard InChI is InChI=1S/C30H32N4O3Si/c1-30(2,3)38(27-12-6-4-7-13-27,28-14-8-5-9-15-28)37-18-10-11-26-21-32-23-33(26)22-25-17-16-24(20-31)19-29(25)34(35)36/h4-9,12-17,19,21,23H,10-11,18,22H2,1-3H3. The molecule has 3 aromatic carbocycles. The molecule has 0 aliphatic rings. The van der Waals surface area contributed by atoms with Gasteiger partial charge in [0, 0.05) is 30.1 Å². The molecule has 0 radical (unpaired) electrons. The van der Waals surface area contributed by atoms with Crippen molar-refractivity contribution in [1.82, 2.24) is 9.55 Å². The molecule has 4 aromatic rings. The Morgan fingerprint density at radius 1 is 1.03 bits per heavy atom. The van der Waals surface area contributed by atoms with Gasteiger partial charge in [0.2, 0.25) is 0 Å². The van der Waals surface area contributed by atoms with Crippen LogP contribution in [0.1, 0.15) is 44.0 Å². The van der Waals surface area contributed by atoms with Crippen molar-refractivity contribution in [2.24, 2.45) is 0 Å². The minimum atomic E-state index is -2.60. The largest absolute Gasteiger partial charge is 0.407 e. The van der Waals surface area contributed by atoms with Gasteiger partial charge >= 0.3 is 0 Å².